The number of aromatic hydroxyl groups is 1. The molecule has 2 aromatic rings. The van der Waals surface area contributed by atoms with E-state index in [4.69, 9.17) is 4.74 Å². The van der Waals surface area contributed by atoms with Crippen LogP contribution in [0.4, 0.5) is 32.0 Å². The van der Waals surface area contributed by atoms with E-state index in [1.807, 2.05) is 0 Å². The highest BCUT2D eigenvalue weighted by atomic mass is 19.4. The molecule has 0 spiro atoms. The molecule has 1 aliphatic heterocycles. The quantitative estimate of drug-likeness (QED) is 0.177. The molecule has 1 saturated heterocycles. The van der Waals surface area contributed by atoms with Crippen molar-refractivity contribution in [1.29, 1.82) is 0 Å². The number of ketones is 2. The lowest BCUT2D eigenvalue weighted by molar-refractivity contribution is -0.143. The molecule has 2 amide bonds. The minimum absolute atomic E-state index is 0.0572. The van der Waals surface area contributed by atoms with E-state index in [0.717, 1.165) is 6.08 Å². The van der Waals surface area contributed by atoms with Crippen molar-refractivity contribution in [3.05, 3.63) is 87.5 Å². The third kappa shape index (κ3) is 4.83. The lowest BCUT2D eigenvalue weighted by atomic mass is 9.59. The van der Waals surface area contributed by atoms with E-state index in [2.05, 4.69) is 0 Å². The number of hydrogen-bond donors (Lipinski definition) is 1. The van der Waals surface area contributed by atoms with E-state index >= 15 is 0 Å². The Kier molecular flexibility index (Phi) is 7.28. The molecule has 0 aromatic heterocycles. The average molecular weight is 646 g/mol. The molecule has 46 heavy (non-hydrogen) atoms. The van der Waals surface area contributed by atoms with E-state index in [0.29, 0.717) is 22.6 Å². The number of rotatable bonds is 4. The summed E-state index contributed by atoms with van der Waals surface area (Å²) in [5.74, 6) is -7.57. The van der Waals surface area contributed by atoms with Gasteiger partial charge in [-0.05, 0) is 62.9 Å². The molecular formula is C33H25F6NO6. The summed E-state index contributed by atoms with van der Waals surface area (Å²) in [7, 11) is 0. The Balaban J connectivity index is 1.49. The zero-order valence-electron chi connectivity index (χ0n) is 24.3. The number of amides is 2. The zero-order chi connectivity index (χ0) is 33.5. The van der Waals surface area contributed by atoms with Crippen molar-refractivity contribution in [2.75, 3.05) is 11.5 Å². The van der Waals surface area contributed by atoms with Gasteiger partial charge in [-0.1, -0.05) is 23.8 Å². The number of alkyl halides is 6. The molecule has 6 rings (SSSR count). The summed E-state index contributed by atoms with van der Waals surface area (Å²) in [5.41, 5.74) is -3.30. The molecule has 240 valence electrons. The lowest BCUT2D eigenvalue weighted by Gasteiger charge is -2.42. The van der Waals surface area contributed by atoms with Crippen LogP contribution in [0.3, 0.4) is 0 Å². The van der Waals surface area contributed by atoms with Crippen molar-refractivity contribution in [1.82, 2.24) is 0 Å². The van der Waals surface area contributed by atoms with Crippen LogP contribution in [0.5, 0.6) is 11.5 Å². The van der Waals surface area contributed by atoms with Gasteiger partial charge >= 0.3 is 12.4 Å². The molecule has 13 heteroatoms. The Hall–Kier alpha value is -4.68. The molecule has 0 saturated carbocycles. The first kappa shape index (κ1) is 31.3. The van der Waals surface area contributed by atoms with Gasteiger partial charge in [0.05, 0.1) is 35.3 Å². The van der Waals surface area contributed by atoms with Crippen LogP contribution >= 0.6 is 0 Å². The van der Waals surface area contributed by atoms with Gasteiger partial charge in [0.2, 0.25) is 11.8 Å². The van der Waals surface area contributed by atoms with E-state index in [1.54, 1.807) is 19.1 Å². The Morgan fingerprint density at radius 3 is 2.20 bits per heavy atom. The molecule has 1 N–H and O–H groups in total. The minimum Gasteiger partial charge on any atom is -0.504 e. The maximum atomic E-state index is 14.0. The number of benzene rings is 2. The summed E-state index contributed by atoms with van der Waals surface area (Å²) in [6.07, 6.45) is -7.95. The van der Waals surface area contributed by atoms with Crippen LogP contribution in [0.15, 0.2) is 70.8 Å². The fourth-order valence-electron chi connectivity index (χ4n) is 7.08. The maximum Gasteiger partial charge on any atom is 0.416 e. The molecule has 1 heterocycles. The van der Waals surface area contributed by atoms with Crippen LogP contribution in [0, 0.1) is 17.8 Å². The number of phenols is 1. The van der Waals surface area contributed by atoms with Gasteiger partial charge in [0, 0.05) is 28.2 Å². The molecule has 4 aliphatic rings. The maximum absolute atomic E-state index is 14.0. The molecule has 0 bridgehead atoms. The minimum atomic E-state index is -5.21. The largest absolute Gasteiger partial charge is 0.504 e. The Labute approximate surface area is 257 Å². The standard InChI is InChI=1S/C33H25F6NO6/c1-3-46-24-6-4-5-19(29(24)43)25-18-7-8-20-26(21(18)13-22-23(41)9-14(2)28(42)27(22)25)31(45)40(30(20)44)17-11-15(32(34,35)36)10-16(12-17)33(37,38)39/h4-7,9-12,20-21,25-26,43H,3,8,13H2,1-2H3. The summed E-state index contributed by atoms with van der Waals surface area (Å²) in [5, 5.41) is 11.2. The summed E-state index contributed by atoms with van der Waals surface area (Å²) in [6, 6.07) is 5.17. The first-order valence-electron chi connectivity index (χ1n) is 14.4. The number of carbonyl (C=O) groups is 4. The normalized spacial score (nSPS) is 24.8. The van der Waals surface area contributed by atoms with Crippen molar-refractivity contribution in [2.24, 2.45) is 17.8 Å². The topological polar surface area (TPSA) is 101 Å². The van der Waals surface area contributed by atoms with Crippen molar-refractivity contribution in [3.8, 4) is 11.5 Å². The highest BCUT2D eigenvalue weighted by molar-refractivity contribution is 6.25. The molecule has 2 aromatic carbocycles. The highest BCUT2D eigenvalue weighted by Crippen LogP contribution is 2.57. The van der Waals surface area contributed by atoms with E-state index in [1.165, 1.54) is 19.1 Å². The molecule has 3 aliphatic carbocycles. The molecule has 1 fully saturated rings. The summed E-state index contributed by atoms with van der Waals surface area (Å²) in [6.45, 7) is 3.36. The second kappa shape index (κ2) is 10.7. The van der Waals surface area contributed by atoms with Crippen molar-refractivity contribution >= 4 is 29.1 Å². The Bertz CT molecular complexity index is 1780. The van der Waals surface area contributed by atoms with Crippen LogP contribution in [-0.4, -0.2) is 35.1 Å². The van der Waals surface area contributed by atoms with Crippen LogP contribution < -0.4 is 9.64 Å². The second-order valence-corrected chi connectivity index (χ2v) is 11.6. The second-order valence-electron chi connectivity index (χ2n) is 11.6. The van der Waals surface area contributed by atoms with Crippen LogP contribution in [0.1, 0.15) is 49.3 Å². The smallest absolute Gasteiger partial charge is 0.416 e. The third-order valence-electron chi connectivity index (χ3n) is 9.04. The molecule has 4 atom stereocenters. The molecule has 7 nitrogen and oxygen atoms in total. The number of ether oxygens (including phenoxy) is 1. The summed E-state index contributed by atoms with van der Waals surface area (Å²) < 4.78 is 87.4. The number of nitrogens with zero attached hydrogens (tertiary/aromatic N) is 1. The number of allylic oxidation sites excluding steroid dienone is 6. The number of hydrogen-bond acceptors (Lipinski definition) is 6. The van der Waals surface area contributed by atoms with Crippen molar-refractivity contribution < 1.29 is 55.4 Å². The monoisotopic (exact) mass is 645 g/mol. The van der Waals surface area contributed by atoms with E-state index in [-0.39, 0.29) is 59.3 Å². The number of halogens is 6. The third-order valence-corrected chi connectivity index (χ3v) is 9.04. The van der Waals surface area contributed by atoms with Gasteiger partial charge in [-0.2, -0.15) is 26.3 Å². The van der Waals surface area contributed by atoms with E-state index in [9.17, 15) is 50.6 Å². The molecule has 4 unspecified atom stereocenters. The molecule has 0 radical (unpaired) electrons. The first-order valence-corrected chi connectivity index (χ1v) is 14.4. The van der Waals surface area contributed by atoms with Gasteiger partial charge < -0.3 is 9.84 Å². The Morgan fingerprint density at radius 2 is 1.59 bits per heavy atom. The van der Waals surface area contributed by atoms with Crippen LogP contribution in [0.25, 0.3) is 0 Å². The average Bonchev–Trinajstić information content (AvgIpc) is 3.24. The predicted octanol–water partition coefficient (Wildman–Crippen LogP) is 6.46. The van der Waals surface area contributed by atoms with Gasteiger partial charge in [-0.15, -0.1) is 0 Å². The number of Topliss-reactive ketones (excluding diaryl/α,β-unsaturated/α-hetero) is 1. The van der Waals surface area contributed by atoms with Crippen molar-refractivity contribution in [2.45, 2.75) is 45.0 Å². The van der Waals surface area contributed by atoms with Gasteiger partial charge in [-0.25, -0.2) is 4.90 Å². The number of carbonyl (C=O) groups excluding carboxylic acids is 4. The predicted molar refractivity (Wildman–Crippen MR) is 150 cm³/mol. The van der Waals surface area contributed by atoms with Gasteiger partial charge in [0.1, 0.15) is 0 Å². The fraction of sp³-hybridized carbons (Fsp3) is 0.333. The van der Waals surface area contributed by atoms with Crippen LogP contribution in [-0.2, 0) is 31.5 Å². The number of anilines is 1. The highest BCUT2D eigenvalue weighted by Gasteiger charge is 2.57. The first-order chi connectivity index (χ1) is 21.5. The number of fused-ring (bicyclic) bond motifs is 3. The van der Waals surface area contributed by atoms with Crippen LogP contribution in [0.2, 0.25) is 0 Å². The number of phenolic OH excluding ortho intramolecular Hbond substituents is 1. The van der Waals surface area contributed by atoms with Crippen molar-refractivity contribution in [3.63, 3.8) is 0 Å². The molecular weight excluding hydrogens is 620 g/mol. The number of imide groups is 1. The van der Waals surface area contributed by atoms with E-state index < -0.39 is 76.2 Å². The summed E-state index contributed by atoms with van der Waals surface area (Å²) in [4.78, 5) is 54.9. The van der Waals surface area contributed by atoms with Gasteiger partial charge in [-0.3, -0.25) is 19.2 Å². The zero-order valence-corrected chi connectivity index (χ0v) is 24.3. The van der Waals surface area contributed by atoms with Gasteiger partial charge in [0.25, 0.3) is 0 Å². The Morgan fingerprint density at radius 1 is 0.935 bits per heavy atom. The fourth-order valence-corrected chi connectivity index (χ4v) is 7.08. The lowest BCUT2D eigenvalue weighted by Crippen LogP contribution is -2.40. The van der Waals surface area contributed by atoms with Gasteiger partial charge in [0.15, 0.2) is 23.1 Å². The number of para-hydroxylation sites is 1. The SMILES string of the molecule is CCOc1cccc(C2C3=CCC4C(=O)N(c5cc(C(F)(F)F)cc(C(F)(F)F)c5)C(=O)C4C3CC3=C2C(=O)C(C)=CC3=O)c1O. The summed E-state index contributed by atoms with van der Waals surface area (Å²) >= 11 is 0.